The molecule has 4 nitrogen and oxygen atoms in total. The summed E-state index contributed by atoms with van der Waals surface area (Å²) in [4.78, 5) is 4.53. The Morgan fingerprint density at radius 3 is 1.08 bits per heavy atom. The molecule has 2 aromatic heterocycles. The van der Waals surface area contributed by atoms with Crippen molar-refractivity contribution in [3.8, 4) is 55.9 Å². The van der Waals surface area contributed by atoms with Crippen LogP contribution in [0.25, 0.3) is 99.5 Å². The van der Waals surface area contributed by atoms with E-state index in [4.69, 9.17) is 2.74 Å². The smallest absolute Gasteiger partial charge is 0.252 e. The minimum Gasteiger partial charge on any atom is -0.311 e. The Labute approximate surface area is 597 Å². The highest BCUT2D eigenvalue weighted by Gasteiger charge is 2.45. The van der Waals surface area contributed by atoms with E-state index in [0.29, 0.717) is 72.6 Å². The van der Waals surface area contributed by atoms with Gasteiger partial charge in [0.25, 0.3) is 6.71 Å². The number of para-hydroxylation sites is 2. The molecule has 5 heteroatoms. The van der Waals surface area contributed by atoms with E-state index in [1.807, 2.05) is 181 Å². The fourth-order valence-corrected chi connectivity index (χ4v) is 15.0. The van der Waals surface area contributed by atoms with E-state index in [1.54, 1.807) is 24.3 Å². The van der Waals surface area contributed by atoms with E-state index < -0.39 is 66.2 Å². The van der Waals surface area contributed by atoms with Crippen molar-refractivity contribution in [1.29, 1.82) is 0 Å². The summed E-state index contributed by atoms with van der Waals surface area (Å²) in [5.41, 5.74) is 14.6. The molecule has 2 aliphatic heterocycles. The molecule has 4 heterocycles. The van der Waals surface area contributed by atoms with Crippen LogP contribution in [-0.2, 0) is 19.1 Å². The summed E-state index contributed by atoms with van der Waals surface area (Å²) in [6, 6.07) is 77.9. The summed E-state index contributed by atoms with van der Waals surface area (Å²) in [5.74, 6) is 0. The molecule has 0 saturated carbocycles. The zero-order valence-corrected chi connectivity index (χ0v) is 56.5. The lowest BCUT2D eigenvalue weighted by atomic mass is 9.33. The van der Waals surface area contributed by atoms with Gasteiger partial charge < -0.3 is 18.9 Å². The molecule has 0 unspecified atom stereocenters. The third-order valence-corrected chi connectivity index (χ3v) is 18.8. The first-order valence-electron chi connectivity index (χ1n) is 40.8. The summed E-state index contributed by atoms with van der Waals surface area (Å²) in [5, 5.41) is 1.37. The average molecular weight is 1280 g/mol. The zero-order chi connectivity index (χ0) is 79.1. The second kappa shape index (κ2) is 23.5. The number of rotatable bonds is 11. The first-order chi connectivity index (χ1) is 53.1. The molecule has 15 aromatic rings. The second-order valence-electron chi connectivity index (χ2n) is 29.2. The number of hydrogen-bond donors (Lipinski definition) is 0. The van der Waals surface area contributed by atoms with Crippen molar-refractivity contribution in [2.24, 2.45) is 16.2 Å². The van der Waals surface area contributed by atoms with Crippen LogP contribution in [0.1, 0.15) is 98.2 Å². The van der Waals surface area contributed by atoms with Crippen molar-refractivity contribution in [3.63, 3.8) is 0 Å². The Kier molecular flexibility index (Phi) is 11.3. The predicted octanol–water partition coefficient (Wildman–Crippen LogP) is 23.4. The van der Waals surface area contributed by atoms with Gasteiger partial charge in [0.1, 0.15) is 0 Å². The van der Waals surface area contributed by atoms with Crippen molar-refractivity contribution < 1.29 is 19.2 Å². The molecule has 2 aliphatic rings. The molecule has 98 heavy (non-hydrogen) atoms. The third-order valence-electron chi connectivity index (χ3n) is 18.8. The first-order valence-corrected chi connectivity index (χ1v) is 33.8. The minimum absolute atomic E-state index is 0.202. The molecule has 0 fully saturated rings. The van der Waals surface area contributed by atoms with Gasteiger partial charge in [-0.25, -0.2) is 0 Å². The number of aromatic nitrogens is 2. The van der Waals surface area contributed by atoms with Gasteiger partial charge in [0.15, 0.2) is 0 Å². The molecular formula is C93H81BN4. The molecule has 17 rings (SSSR count). The van der Waals surface area contributed by atoms with Crippen molar-refractivity contribution in [3.05, 3.63) is 308 Å². The minimum atomic E-state index is -2.07. The van der Waals surface area contributed by atoms with E-state index >= 15 is 0 Å². The van der Waals surface area contributed by atoms with Gasteiger partial charge in [-0.1, -0.05) is 268 Å². The lowest BCUT2D eigenvalue weighted by molar-refractivity contribution is 0.411. The van der Waals surface area contributed by atoms with Crippen molar-refractivity contribution in [2.75, 3.05) is 9.80 Å². The van der Waals surface area contributed by atoms with Gasteiger partial charge >= 0.3 is 0 Å². The molecule has 0 radical (unpaired) electrons. The lowest BCUT2D eigenvalue weighted by Crippen LogP contribution is -2.61. The Morgan fingerprint density at radius 1 is 0.306 bits per heavy atom. The molecular weight excluding hydrogens is 1180 g/mol. The van der Waals surface area contributed by atoms with E-state index in [9.17, 15) is 16.4 Å². The summed E-state index contributed by atoms with van der Waals surface area (Å²) < 4.78 is 139. The van der Waals surface area contributed by atoms with Crippen LogP contribution < -0.4 is 26.2 Å². The average Bonchev–Trinajstić information content (AvgIpc) is 0.956. The van der Waals surface area contributed by atoms with Crippen LogP contribution >= 0.6 is 0 Å². The summed E-state index contributed by atoms with van der Waals surface area (Å²) in [6.07, 6.45) is -5.82. The standard InChI is InChI=1S/C93H81BN4/c1-91(2,3)58-61-38-48-82-76(50-61)74-34-22-24-36-80(74)95(82)70-42-46-78-86(56-70)97(84-54-68(64-26-14-10-15-27-64)40-44-72(84)66-30-18-12-19-31-66)88-52-63(60-93(7,8)9)53-89-90(88)94(78)79-47-43-71(96-81-37-25-23-35-75(81)77-51-62(39-49-83(77)96)59-92(4,5)6)57-87(79)98(89)85-55-69(65-28-16-11-17-29-65)41-45-73(85)67-32-20-13-21-33-67/h10-57H,58-60H2,1-9H3/i22D,23D,24D,25D,34D,35D,36D,37D,58D2,59D2,60D2. The topological polar surface area (TPSA) is 16.3 Å². The first kappa shape index (κ1) is 47.1. The molecule has 476 valence electrons. The normalized spacial score (nSPS) is 15.5. The quantitative estimate of drug-likeness (QED) is 0.120. The van der Waals surface area contributed by atoms with Gasteiger partial charge in [0, 0.05) is 75.0 Å². The van der Waals surface area contributed by atoms with Gasteiger partial charge in [-0.3, -0.25) is 0 Å². The molecule has 0 saturated heterocycles. The van der Waals surface area contributed by atoms with E-state index in [0.717, 1.165) is 72.3 Å². The lowest BCUT2D eigenvalue weighted by Gasteiger charge is -2.45. The van der Waals surface area contributed by atoms with E-state index in [2.05, 4.69) is 119 Å². The SMILES string of the molecule is [2H]c1c([2H])c([2H])c2c(c1[2H])c1cc(C([2H])([2H])C(C)(C)C)ccc1n2-c1ccc2c(c1)N(c1cc(-c3ccccc3)ccc1-c1ccccc1)c1cc(C([2H])([2H])C(C)(C)C)cc3c1B2c1ccc(-n2c4ccc(C([2H])([2H])C(C)(C)C)cc4c4c([2H])c([2H])c([2H])c([2H])c42)cc1N3c1cc(-c2ccccc2)ccc1-c1ccccc1. The number of fused-ring (bicyclic) bond motifs is 10. The van der Waals surface area contributed by atoms with Crippen molar-refractivity contribution >= 4 is 101 Å². The molecule has 0 spiro atoms. The number of anilines is 6. The van der Waals surface area contributed by atoms with Crippen LogP contribution in [0.4, 0.5) is 34.1 Å². The fourth-order valence-electron chi connectivity index (χ4n) is 15.0. The van der Waals surface area contributed by atoms with Gasteiger partial charge in [0.05, 0.1) is 44.4 Å². The van der Waals surface area contributed by atoms with Crippen LogP contribution in [-0.4, -0.2) is 15.8 Å². The maximum Gasteiger partial charge on any atom is 0.252 e. The second-order valence-corrected chi connectivity index (χ2v) is 29.2. The van der Waals surface area contributed by atoms with Crippen LogP contribution in [0.15, 0.2) is 291 Å². The molecule has 13 aromatic carbocycles. The molecule has 0 N–H and O–H groups in total. The Balaban J connectivity index is 1.05. The maximum absolute atomic E-state index is 10.7. The summed E-state index contributed by atoms with van der Waals surface area (Å²) in [6.45, 7) is 16.1. The molecule has 0 bridgehead atoms. The van der Waals surface area contributed by atoms with Crippen molar-refractivity contribution in [2.45, 2.75) is 81.4 Å². The van der Waals surface area contributed by atoms with Gasteiger partial charge in [0.2, 0.25) is 0 Å². The Bertz CT molecular complexity index is 6040. The van der Waals surface area contributed by atoms with Crippen LogP contribution in [0.3, 0.4) is 0 Å². The van der Waals surface area contributed by atoms with Crippen LogP contribution in [0, 0.1) is 16.2 Å². The highest BCUT2D eigenvalue weighted by Crippen LogP contribution is 2.52. The maximum atomic E-state index is 10.7. The predicted molar refractivity (Wildman–Crippen MR) is 420 cm³/mol. The van der Waals surface area contributed by atoms with Gasteiger partial charge in [-0.2, -0.15) is 0 Å². The number of hydrogen-bond acceptors (Lipinski definition) is 2. The highest BCUT2D eigenvalue weighted by atomic mass is 15.2. The van der Waals surface area contributed by atoms with Gasteiger partial charge in [-0.15, -0.1) is 0 Å². The third kappa shape index (κ3) is 10.8. The Hall–Kier alpha value is -10.9. The number of benzene rings is 13. The van der Waals surface area contributed by atoms with Crippen molar-refractivity contribution in [1.82, 2.24) is 9.13 Å². The summed E-state index contributed by atoms with van der Waals surface area (Å²) >= 11 is 0. The van der Waals surface area contributed by atoms with Gasteiger partial charge in [-0.05, 0) is 187 Å². The zero-order valence-electron chi connectivity index (χ0n) is 70.5. The highest BCUT2D eigenvalue weighted by molar-refractivity contribution is 7.00. The number of nitrogens with zero attached hydrogens (tertiary/aromatic N) is 4. The largest absolute Gasteiger partial charge is 0.311 e. The molecule has 0 aliphatic carbocycles. The monoisotopic (exact) mass is 1280 g/mol. The van der Waals surface area contributed by atoms with E-state index in [1.165, 1.54) is 0 Å². The fraction of sp³-hybridized carbons (Fsp3) is 0.161. The van der Waals surface area contributed by atoms with E-state index in [-0.39, 0.29) is 46.0 Å². The molecule has 0 amide bonds. The summed E-state index contributed by atoms with van der Waals surface area (Å²) in [7, 11) is 0. The van der Waals surface area contributed by atoms with Crippen LogP contribution in [0.2, 0.25) is 0 Å². The Morgan fingerprint density at radius 2 is 0.684 bits per heavy atom. The molecule has 0 atom stereocenters. The van der Waals surface area contributed by atoms with Crippen LogP contribution in [0.5, 0.6) is 0 Å².